The van der Waals surface area contributed by atoms with Crippen LogP contribution in [0.3, 0.4) is 0 Å². The summed E-state index contributed by atoms with van der Waals surface area (Å²) in [4.78, 5) is 12.3. The third-order valence-corrected chi connectivity index (χ3v) is 3.23. The van der Waals surface area contributed by atoms with E-state index < -0.39 is 5.54 Å². The fourth-order valence-corrected chi connectivity index (χ4v) is 1.68. The van der Waals surface area contributed by atoms with Crippen LogP contribution in [0, 0.1) is 13.8 Å². The van der Waals surface area contributed by atoms with E-state index in [0.29, 0.717) is 5.88 Å². The lowest BCUT2D eigenvalue weighted by Crippen LogP contribution is -2.45. The van der Waals surface area contributed by atoms with Crippen molar-refractivity contribution in [2.75, 3.05) is 5.32 Å². The third kappa shape index (κ3) is 2.51. The second kappa shape index (κ2) is 4.85. The van der Waals surface area contributed by atoms with E-state index in [0.717, 1.165) is 16.8 Å². The summed E-state index contributed by atoms with van der Waals surface area (Å²) in [5, 5.41) is 6.47. The first-order valence-electron chi connectivity index (χ1n) is 6.01. The van der Waals surface area contributed by atoms with Crippen molar-refractivity contribution in [3.05, 3.63) is 47.2 Å². The Labute approximate surface area is 111 Å². The van der Waals surface area contributed by atoms with Crippen molar-refractivity contribution in [1.29, 1.82) is 0 Å². The molecule has 5 nitrogen and oxygen atoms in total. The van der Waals surface area contributed by atoms with Crippen LogP contribution in [0.2, 0.25) is 0 Å². The van der Waals surface area contributed by atoms with Crippen LogP contribution in [-0.2, 0) is 10.3 Å². The summed E-state index contributed by atoms with van der Waals surface area (Å²) in [7, 11) is 0. The summed E-state index contributed by atoms with van der Waals surface area (Å²) < 4.78 is 5.06. The average molecular weight is 259 g/mol. The molecule has 2 rings (SSSR count). The second-order valence-corrected chi connectivity index (χ2v) is 4.74. The number of carbonyl (C=O) groups excluding carboxylic acids is 1. The zero-order chi connectivity index (χ0) is 14.0. The van der Waals surface area contributed by atoms with E-state index in [1.165, 1.54) is 0 Å². The Morgan fingerprint density at radius 1 is 1.32 bits per heavy atom. The van der Waals surface area contributed by atoms with E-state index in [-0.39, 0.29) is 5.91 Å². The van der Waals surface area contributed by atoms with Crippen LogP contribution in [0.1, 0.15) is 23.7 Å². The fourth-order valence-electron chi connectivity index (χ4n) is 1.68. The van der Waals surface area contributed by atoms with Crippen molar-refractivity contribution in [3.63, 3.8) is 0 Å². The lowest BCUT2D eigenvalue weighted by atomic mass is 9.92. The summed E-state index contributed by atoms with van der Waals surface area (Å²) in [6, 6.07) is 9.20. The van der Waals surface area contributed by atoms with Crippen molar-refractivity contribution in [3.8, 4) is 0 Å². The minimum atomic E-state index is -1.13. The Bertz CT molecular complexity index is 588. The van der Waals surface area contributed by atoms with E-state index in [2.05, 4.69) is 10.5 Å². The van der Waals surface area contributed by atoms with Gasteiger partial charge in [0.05, 0.1) is 5.69 Å². The number of aromatic nitrogens is 1. The molecule has 5 heteroatoms. The number of benzene rings is 1. The molecule has 0 saturated carbocycles. The number of nitrogens with two attached hydrogens (primary N) is 1. The Hall–Kier alpha value is -2.14. The molecule has 100 valence electrons. The van der Waals surface area contributed by atoms with Crippen LogP contribution in [0.4, 0.5) is 5.88 Å². The molecule has 1 heterocycles. The first-order valence-corrected chi connectivity index (χ1v) is 6.01. The molecular formula is C14H17N3O2. The zero-order valence-electron chi connectivity index (χ0n) is 11.2. The first-order chi connectivity index (χ1) is 8.93. The molecule has 0 radical (unpaired) electrons. The van der Waals surface area contributed by atoms with Gasteiger partial charge in [-0.05, 0) is 26.3 Å². The third-order valence-electron chi connectivity index (χ3n) is 3.23. The standard InChI is InChI=1S/C14H17N3O2/c1-9-10(2)17-19-12(9)16-13(18)14(3,15)11-7-5-4-6-8-11/h4-8H,15H2,1-3H3,(H,16,18). The summed E-state index contributed by atoms with van der Waals surface area (Å²) >= 11 is 0. The van der Waals surface area contributed by atoms with Gasteiger partial charge in [0.1, 0.15) is 5.54 Å². The normalized spacial score (nSPS) is 13.9. The second-order valence-electron chi connectivity index (χ2n) is 4.74. The molecule has 0 aliphatic heterocycles. The van der Waals surface area contributed by atoms with Gasteiger partial charge in [0.2, 0.25) is 5.88 Å². The minimum Gasteiger partial charge on any atom is -0.338 e. The lowest BCUT2D eigenvalue weighted by Gasteiger charge is -2.23. The molecular weight excluding hydrogens is 242 g/mol. The highest BCUT2D eigenvalue weighted by Gasteiger charge is 2.31. The maximum Gasteiger partial charge on any atom is 0.251 e. The Balaban J connectivity index is 2.22. The van der Waals surface area contributed by atoms with Crippen LogP contribution in [-0.4, -0.2) is 11.1 Å². The lowest BCUT2D eigenvalue weighted by molar-refractivity contribution is -0.121. The molecule has 0 aliphatic rings. The summed E-state index contributed by atoms with van der Waals surface area (Å²) in [5.41, 5.74) is 7.27. The van der Waals surface area contributed by atoms with E-state index in [9.17, 15) is 4.79 Å². The number of nitrogens with zero attached hydrogens (tertiary/aromatic N) is 1. The van der Waals surface area contributed by atoms with E-state index in [4.69, 9.17) is 10.3 Å². The van der Waals surface area contributed by atoms with Crippen LogP contribution in [0.15, 0.2) is 34.9 Å². The Kier molecular flexibility index (Phi) is 3.40. The predicted molar refractivity (Wildman–Crippen MR) is 72.6 cm³/mol. The van der Waals surface area contributed by atoms with Crippen LogP contribution >= 0.6 is 0 Å². The van der Waals surface area contributed by atoms with E-state index in [1.54, 1.807) is 6.92 Å². The van der Waals surface area contributed by atoms with Gasteiger partial charge in [-0.15, -0.1) is 0 Å². The van der Waals surface area contributed by atoms with Gasteiger partial charge in [0, 0.05) is 5.56 Å². The van der Waals surface area contributed by atoms with Gasteiger partial charge in [-0.1, -0.05) is 35.5 Å². The molecule has 1 unspecified atom stereocenters. The number of rotatable bonds is 3. The molecule has 0 spiro atoms. The topological polar surface area (TPSA) is 81.2 Å². The van der Waals surface area contributed by atoms with Crippen molar-refractivity contribution < 1.29 is 9.32 Å². The molecule has 0 aliphatic carbocycles. The zero-order valence-corrected chi connectivity index (χ0v) is 11.2. The molecule has 1 atom stereocenters. The van der Waals surface area contributed by atoms with Gasteiger partial charge in [-0.2, -0.15) is 0 Å². The smallest absolute Gasteiger partial charge is 0.251 e. The van der Waals surface area contributed by atoms with Gasteiger partial charge >= 0.3 is 0 Å². The SMILES string of the molecule is Cc1noc(NC(=O)C(C)(N)c2ccccc2)c1C. The maximum absolute atomic E-state index is 12.3. The number of aryl methyl sites for hydroxylation is 1. The molecule has 1 amide bonds. The quantitative estimate of drug-likeness (QED) is 0.884. The predicted octanol–water partition coefficient (Wildman–Crippen LogP) is 2.10. The van der Waals surface area contributed by atoms with Gasteiger partial charge < -0.3 is 10.3 Å². The molecule has 19 heavy (non-hydrogen) atoms. The van der Waals surface area contributed by atoms with Gasteiger partial charge in [0.15, 0.2) is 0 Å². The average Bonchev–Trinajstić information content (AvgIpc) is 2.71. The summed E-state index contributed by atoms with van der Waals surface area (Å²) in [5.74, 6) is 0.00746. The number of carbonyl (C=O) groups is 1. The molecule has 1 aromatic carbocycles. The van der Waals surface area contributed by atoms with Crippen LogP contribution < -0.4 is 11.1 Å². The van der Waals surface area contributed by atoms with Gasteiger partial charge in [-0.25, -0.2) is 0 Å². The maximum atomic E-state index is 12.3. The summed E-state index contributed by atoms with van der Waals surface area (Å²) in [6.45, 7) is 5.31. The monoisotopic (exact) mass is 259 g/mol. The highest BCUT2D eigenvalue weighted by molar-refractivity contribution is 5.97. The molecule has 0 saturated heterocycles. The number of hydrogen-bond donors (Lipinski definition) is 2. The van der Waals surface area contributed by atoms with E-state index in [1.807, 2.05) is 44.2 Å². The van der Waals surface area contributed by atoms with Gasteiger partial charge in [0.25, 0.3) is 5.91 Å². The van der Waals surface area contributed by atoms with Crippen molar-refractivity contribution >= 4 is 11.8 Å². The van der Waals surface area contributed by atoms with Gasteiger partial charge in [-0.3, -0.25) is 10.1 Å². The molecule has 0 bridgehead atoms. The largest absolute Gasteiger partial charge is 0.338 e. The van der Waals surface area contributed by atoms with Crippen molar-refractivity contribution in [2.45, 2.75) is 26.3 Å². The van der Waals surface area contributed by atoms with Crippen molar-refractivity contribution in [1.82, 2.24) is 5.16 Å². The first kappa shape index (κ1) is 13.3. The number of anilines is 1. The van der Waals surface area contributed by atoms with E-state index >= 15 is 0 Å². The molecule has 3 N–H and O–H groups in total. The fraction of sp³-hybridized carbons (Fsp3) is 0.286. The van der Waals surface area contributed by atoms with Crippen molar-refractivity contribution in [2.24, 2.45) is 5.73 Å². The summed E-state index contributed by atoms with van der Waals surface area (Å²) in [6.07, 6.45) is 0. The Morgan fingerprint density at radius 2 is 1.95 bits per heavy atom. The molecule has 0 fully saturated rings. The number of hydrogen-bond acceptors (Lipinski definition) is 4. The number of nitrogens with one attached hydrogen (secondary N) is 1. The minimum absolute atomic E-state index is 0.335. The number of amides is 1. The molecule has 2 aromatic rings. The Morgan fingerprint density at radius 3 is 2.47 bits per heavy atom. The molecule has 1 aromatic heterocycles. The van der Waals surface area contributed by atoms with Crippen LogP contribution in [0.5, 0.6) is 0 Å². The highest BCUT2D eigenvalue weighted by Crippen LogP contribution is 2.22. The highest BCUT2D eigenvalue weighted by atomic mass is 16.5. The van der Waals surface area contributed by atoms with Crippen LogP contribution in [0.25, 0.3) is 0 Å².